The van der Waals surface area contributed by atoms with Crippen molar-refractivity contribution in [3.63, 3.8) is 0 Å². The Labute approximate surface area is 160 Å². The third-order valence-corrected chi connectivity index (χ3v) is 6.96. The predicted molar refractivity (Wildman–Crippen MR) is 112 cm³/mol. The Bertz CT molecular complexity index is 447. The van der Waals surface area contributed by atoms with Gasteiger partial charge >= 0.3 is 0 Å². The molecular weight excluding hydrogens is 320 g/mol. The SMILES string of the molecule is CCCCCCCCCCCC=NC12CC3(N)CC(N)(CC(N)(C3)C1)C2. The second-order valence-electron chi connectivity index (χ2n) is 10.3. The van der Waals surface area contributed by atoms with Crippen LogP contribution in [0.15, 0.2) is 4.99 Å². The van der Waals surface area contributed by atoms with Crippen LogP contribution < -0.4 is 17.2 Å². The van der Waals surface area contributed by atoms with E-state index in [9.17, 15) is 0 Å². The molecule has 26 heavy (non-hydrogen) atoms. The molecule has 0 amide bonds. The highest BCUT2D eigenvalue weighted by atomic mass is 15.0. The van der Waals surface area contributed by atoms with Gasteiger partial charge < -0.3 is 17.2 Å². The summed E-state index contributed by atoms with van der Waals surface area (Å²) in [5.41, 5.74) is 19.4. The summed E-state index contributed by atoms with van der Waals surface area (Å²) in [6.07, 6.45) is 21.3. The average Bonchev–Trinajstić information content (AvgIpc) is 2.48. The molecule has 0 radical (unpaired) electrons. The first-order valence-corrected chi connectivity index (χ1v) is 11.2. The number of nitrogens with zero attached hydrogens (tertiary/aromatic N) is 1. The van der Waals surface area contributed by atoms with Gasteiger partial charge in [0, 0.05) is 16.6 Å². The molecule has 0 aromatic rings. The van der Waals surface area contributed by atoms with Crippen LogP contribution in [-0.2, 0) is 0 Å². The van der Waals surface area contributed by atoms with Gasteiger partial charge in [-0.2, -0.15) is 0 Å². The topological polar surface area (TPSA) is 90.4 Å². The molecular formula is C22H42N4. The molecule has 150 valence electrons. The molecule has 4 bridgehead atoms. The summed E-state index contributed by atoms with van der Waals surface area (Å²) in [6, 6.07) is 0. The molecule has 0 saturated heterocycles. The number of nitrogens with two attached hydrogens (primary N) is 3. The largest absolute Gasteiger partial charge is 0.325 e. The van der Waals surface area contributed by atoms with Crippen LogP contribution in [0.2, 0.25) is 0 Å². The number of hydrogen-bond acceptors (Lipinski definition) is 4. The Balaban J connectivity index is 1.38. The van der Waals surface area contributed by atoms with Crippen LogP contribution in [0.3, 0.4) is 0 Å². The normalized spacial score (nSPS) is 41.4. The number of rotatable bonds is 11. The summed E-state index contributed by atoms with van der Waals surface area (Å²) in [7, 11) is 0. The quantitative estimate of drug-likeness (QED) is 0.380. The van der Waals surface area contributed by atoms with Gasteiger partial charge in [-0.1, -0.05) is 58.3 Å². The highest BCUT2D eigenvalue weighted by Crippen LogP contribution is 2.59. The fraction of sp³-hybridized carbons (Fsp3) is 0.955. The van der Waals surface area contributed by atoms with Crippen molar-refractivity contribution in [2.24, 2.45) is 22.2 Å². The van der Waals surface area contributed by atoms with Gasteiger partial charge in [0.15, 0.2) is 0 Å². The predicted octanol–water partition coefficient (Wildman–Crippen LogP) is 4.19. The van der Waals surface area contributed by atoms with Crippen LogP contribution in [0, 0.1) is 0 Å². The third kappa shape index (κ3) is 4.88. The van der Waals surface area contributed by atoms with Crippen LogP contribution in [-0.4, -0.2) is 28.4 Å². The fourth-order valence-electron chi connectivity index (χ4n) is 6.76. The number of hydrogen-bond donors (Lipinski definition) is 3. The Kier molecular flexibility index (Phi) is 6.15. The molecule has 0 atom stereocenters. The smallest absolute Gasteiger partial charge is 0.0656 e. The Morgan fingerprint density at radius 1 is 0.654 bits per heavy atom. The van der Waals surface area contributed by atoms with E-state index in [0.717, 1.165) is 44.9 Å². The summed E-state index contributed by atoms with van der Waals surface area (Å²) < 4.78 is 0. The van der Waals surface area contributed by atoms with Crippen molar-refractivity contribution in [1.82, 2.24) is 0 Å². The van der Waals surface area contributed by atoms with Gasteiger partial charge in [-0.3, -0.25) is 4.99 Å². The maximum Gasteiger partial charge on any atom is 0.0656 e. The van der Waals surface area contributed by atoms with Gasteiger partial charge in [0.05, 0.1) is 5.54 Å². The lowest BCUT2D eigenvalue weighted by atomic mass is 9.45. The molecule has 4 saturated carbocycles. The van der Waals surface area contributed by atoms with E-state index >= 15 is 0 Å². The van der Waals surface area contributed by atoms with Crippen LogP contribution in [0.25, 0.3) is 0 Å². The molecule has 4 fully saturated rings. The molecule has 4 heteroatoms. The molecule has 0 aromatic heterocycles. The molecule has 4 rings (SSSR count). The van der Waals surface area contributed by atoms with E-state index in [4.69, 9.17) is 22.2 Å². The molecule has 0 spiro atoms. The van der Waals surface area contributed by atoms with Crippen molar-refractivity contribution >= 4 is 6.21 Å². The van der Waals surface area contributed by atoms with Crippen LogP contribution in [0.1, 0.15) is 110 Å². The van der Waals surface area contributed by atoms with E-state index in [2.05, 4.69) is 13.1 Å². The minimum Gasteiger partial charge on any atom is -0.325 e. The molecule has 4 aliphatic rings. The van der Waals surface area contributed by atoms with E-state index in [0.29, 0.717) is 0 Å². The molecule has 0 aromatic carbocycles. The lowest BCUT2D eigenvalue weighted by Gasteiger charge is -2.66. The number of aliphatic imine (C=N–C) groups is 1. The van der Waals surface area contributed by atoms with Crippen molar-refractivity contribution < 1.29 is 0 Å². The van der Waals surface area contributed by atoms with Crippen molar-refractivity contribution in [1.29, 1.82) is 0 Å². The first-order chi connectivity index (χ1) is 12.3. The molecule has 0 heterocycles. The van der Waals surface area contributed by atoms with Crippen molar-refractivity contribution in [2.45, 2.75) is 132 Å². The van der Waals surface area contributed by atoms with Gasteiger partial charge in [0.2, 0.25) is 0 Å². The fourth-order valence-corrected chi connectivity index (χ4v) is 6.76. The lowest BCUT2D eigenvalue weighted by Crippen LogP contribution is -2.78. The number of unbranched alkanes of at least 4 members (excludes halogenated alkanes) is 9. The minimum atomic E-state index is -0.187. The summed E-state index contributed by atoms with van der Waals surface area (Å²) in [6.45, 7) is 2.28. The monoisotopic (exact) mass is 362 g/mol. The van der Waals surface area contributed by atoms with Crippen molar-refractivity contribution in [2.75, 3.05) is 0 Å². The Morgan fingerprint density at radius 2 is 1.08 bits per heavy atom. The molecule has 4 nitrogen and oxygen atoms in total. The zero-order valence-electron chi connectivity index (χ0n) is 17.1. The van der Waals surface area contributed by atoms with Crippen LogP contribution in [0.4, 0.5) is 0 Å². The van der Waals surface area contributed by atoms with Crippen molar-refractivity contribution in [3.8, 4) is 0 Å². The molecule has 0 unspecified atom stereocenters. The first kappa shape index (κ1) is 20.3. The van der Waals surface area contributed by atoms with Crippen molar-refractivity contribution in [3.05, 3.63) is 0 Å². The van der Waals surface area contributed by atoms with E-state index in [1.807, 2.05) is 0 Å². The summed E-state index contributed by atoms with van der Waals surface area (Å²) in [5.74, 6) is 0. The summed E-state index contributed by atoms with van der Waals surface area (Å²) >= 11 is 0. The lowest BCUT2D eigenvalue weighted by molar-refractivity contribution is -0.0473. The van der Waals surface area contributed by atoms with E-state index < -0.39 is 0 Å². The highest BCUT2D eigenvalue weighted by Gasteiger charge is 2.65. The molecule has 6 N–H and O–H groups in total. The Morgan fingerprint density at radius 3 is 1.54 bits per heavy atom. The van der Waals surface area contributed by atoms with E-state index in [1.165, 1.54) is 57.8 Å². The van der Waals surface area contributed by atoms with Crippen LogP contribution in [0.5, 0.6) is 0 Å². The highest BCUT2D eigenvalue weighted by molar-refractivity contribution is 5.58. The third-order valence-electron chi connectivity index (χ3n) is 6.96. The maximum absolute atomic E-state index is 6.67. The first-order valence-electron chi connectivity index (χ1n) is 11.2. The van der Waals surface area contributed by atoms with Gasteiger partial charge in [0.1, 0.15) is 0 Å². The van der Waals surface area contributed by atoms with Crippen LogP contribution >= 0.6 is 0 Å². The van der Waals surface area contributed by atoms with Gasteiger partial charge in [0.25, 0.3) is 0 Å². The van der Waals surface area contributed by atoms with Gasteiger partial charge in [-0.05, 0) is 57.6 Å². The minimum absolute atomic E-state index is 0.0771. The standard InChI is InChI=1S/C22H42N4/c1-2-3-4-5-6-7-8-9-10-11-12-26-22-16-19(23)13-20(24,17-22)15-21(25,14-19)18-22/h12H,2-11,13-18,23-25H2,1H3. The summed E-state index contributed by atoms with van der Waals surface area (Å²) in [4.78, 5) is 5.05. The van der Waals surface area contributed by atoms with E-state index in [1.54, 1.807) is 0 Å². The second kappa shape index (κ2) is 7.89. The Hall–Kier alpha value is -0.450. The molecule has 0 aliphatic heterocycles. The van der Waals surface area contributed by atoms with Gasteiger partial charge in [-0.25, -0.2) is 0 Å². The zero-order valence-corrected chi connectivity index (χ0v) is 17.1. The van der Waals surface area contributed by atoms with Gasteiger partial charge in [-0.15, -0.1) is 0 Å². The zero-order chi connectivity index (χ0) is 18.7. The van der Waals surface area contributed by atoms with E-state index in [-0.39, 0.29) is 22.2 Å². The maximum atomic E-state index is 6.67. The second-order valence-corrected chi connectivity index (χ2v) is 10.3. The molecule has 4 aliphatic carbocycles. The summed E-state index contributed by atoms with van der Waals surface area (Å²) in [5, 5.41) is 0. The average molecular weight is 363 g/mol.